The lowest BCUT2D eigenvalue weighted by atomic mass is 10.1. The highest BCUT2D eigenvalue weighted by molar-refractivity contribution is 7.99. The molecule has 8 heteroatoms. The van der Waals surface area contributed by atoms with Crippen LogP contribution in [0.5, 0.6) is 5.75 Å². The van der Waals surface area contributed by atoms with E-state index in [2.05, 4.69) is 33.4 Å². The molecule has 1 unspecified atom stereocenters. The monoisotopic (exact) mass is 417 g/mol. The van der Waals surface area contributed by atoms with E-state index in [1.807, 2.05) is 59.9 Å². The summed E-state index contributed by atoms with van der Waals surface area (Å²) in [6.45, 7) is 4.09. The van der Waals surface area contributed by atoms with Gasteiger partial charge in [-0.2, -0.15) is 0 Å². The number of nitrogens with zero attached hydrogens (tertiary/aromatic N) is 5. The van der Waals surface area contributed by atoms with Gasteiger partial charge in [-0.25, -0.2) is 0 Å². The molecule has 1 atom stereocenters. The van der Waals surface area contributed by atoms with E-state index in [9.17, 15) is 0 Å². The molecule has 0 saturated carbocycles. The Morgan fingerprint density at radius 3 is 2.63 bits per heavy atom. The Hall–Kier alpha value is -3.39. The van der Waals surface area contributed by atoms with E-state index in [1.54, 1.807) is 7.11 Å². The summed E-state index contributed by atoms with van der Waals surface area (Å²) in [4.78, 5) is 0. The maximum Gasteiger partial charge on any atom is 0.247 e. The third-order valence-corrected chi connectivity index (χ3v) is 6.00. The number of ether oxygens (including phenoxy) is 1. The molecule has 0 aliphatic carbocycles. The van der Waals surface area contributed by atoms with Crippen molar-refractivity contribution in [2.24, 2.45) is 0 Å². The predicted octanol–water partition coefficient (Wildman–Crippen LogP) is 5.10. The van der Waals surface area contributed by atoms with E-state index in [0.29, 0.717) is 11.8 Å². The van der Waals surface area contributed by atoms with Crippen LogP contribution in [-0.4, -0.2) is 31.9 Å². The first-order chi connectivity index (χ1) is 14.6. The molecule has 7 nitrogen and oxygen atoms in total. The van der Waals surface area contributed by atoms with Gasteiger partial charge in [0, 0.05) is 17.0 Å². The molecule has 0 radical (unpaired) electrons. The SMILES string of the molecule is COc1ccc2c(C)cc3nnc(SC(C)c4nnc(-c5ccccc5)o4)n3c2c1. The Morgan fingerprint density at radius 1 is 1.00 bits per heavy atom. The zero-order valence-corrected chi connectivity index (χ0v) is 17.6. The molecule has 0 fully saturated rings. The van der Waals surface area contributed by atoms with Crippen molar-refractivity contribution >= 4 is 28.3 Å². The fourth-order valence-electron chi connectivity index (χ4n) is 3.41. The first-order valence-electron chi connectivity index (χ1n) is 9.52. The normalized spacial score (nSPS) is 12.5. The average molecular weight is 417 g/mol. The minimum Gasteiger partial charge on any atom is -0.497 e. The molecule has 3 aromatic heterocycles. The van der Waals surface area contributed by atoms with E-state index in [-0.39, 0.29) is 5.25 Å². The number of fused-ring (bicyclic) bond motifs is 3. The molecular weight excluding hydrogens is 398 g/mol. The van der Waals surface area contributed by atoms with E-state index in [1.165, 1.54) is 11.8 Å². The number of thioether (sulfide) groups is 1. The van der Waals surface area contributed by atoms with Crippen molar-refractivity contribution in [3.8, 4) is 17.2 Å². The van der Waals surface area contributed by atoms with Gasteiger partial charge in [-0.1, -0.05) is 30.0 Å². The highest BCUT2D eigenvalue weighted by atomic mass is 32.2. The maximum atomic E-state index is 5.91. The highest BCUT2D eigenvalue weighted by Gasteiger charge is 2.20. The first-order valence-corrected chi connectivity index (χ1v) is 10.4. The molecule has 0 N–H and O–H groups in total. The van der Waals surface area contributed by atoms with Crippen LogP contribution in [0.3, 0.4) is 0 Å². The van der Waals surface area contributed by atoms with Crippen LogP contribution in [0.15, 0.2) is 64.2 Å². The van der Waals surface area contributed by atoms with Crippen LogP contribution in [0.25, 0.3) is 28.0 Å². The Kier molecular flexibility index (Phi) is 4.63. The molecule has 0 saturated heterocycles. The third kappa shape index (κ3) is 3.19. The number of aromatic nitrogens is 5. The molecule has 150 valence electrons. The molecule has 2 aromatic carbocycles. The van der Waals surface area contributed by atoms with Gasteiger partial charge in [-0.3, -0.25) is 4.40 Å². The largest absolute Gasteiger partial charge is 0.497 e. The number of aryl methyl sites for hydroxylation is 1. The molecule has 0 aliphatic heterocycles. The quantitative estimate of drug-likeness (QED) is 0.368. The van der Waals surface area contributed by atoms with Gasteiger partial charge in [0.15, 0.2) is 10.8 Å². The van der Waals surface area contributed by atoms with E-state index >= 15 is 0 Å². The van der Waals surface area contributed by atoms with Gasteiger partial charge < -0.3 is 9.15 Å². The van der Waals surface area contributed by atoms with Gasteiger partial charge in [0.05, 0.1) is 17.9 Å². The van der Waals surface area contributed by atoms with Crippen molar-refractivity contribution in [1.29, 1.82) is 0 Å². The molecular formula is C22H19N5O2S. The Labute approximate surface area is 177 Å². The summed E-state index contributed by atoms with van der Waals surface area (Å²) in [5.74, 6) is 1.84. The summed E-state index contributed by atoms with van der Waals surface area (Å²) in [5.41, 5.74) is 3.83. The summed E-state index contributed by atoms with van der Waals surface area (Å²) in [6.07, 6.45) is 0. The van der Waals surface area contributed by atoms with Gasteiger partial charge in [0.25, 0.3) is 0 Å². The van der Waals surface area contributed by atoms with E-state index in [0.717, 1.165) is 38.6 Å². The standard InChI is InChI=1S/C22H19N5O2S/c1-13-11-19-23-26-22(27(19)18-12-16(28-3)9-10-17(13)18)30-14(2)20-24-25-21(29-20)15-7-5-4-6-8-15/h4-12,14H,1-3H3. The number of methoxy groups -OCH3 is 1. The second-order valence-corrected chi connectivity index (χ2v) is 8.27. The Morgan fingerprint density at radius 2 is 1.83 bits per heavy atom. The predicted molar refractivity (Wildman–Crippen MR) is 116 cm³/mol. The average Bonchev–Trinajstić information content (AvgIpc) is 3.42. The maximum absolute atomic E-state index is 5.91. The lowest BCUT2D eigenvalue weighted by Gasteiger charge is -2.10. The topological polar surface area (TPSA) is 78.3 Å². The molecule has 3 heterocycles. The van der Waals surface area contributed by atoms with Crippen LogP contribution in [0.2, 0.25) is 0 Å². The Balaban J connectivity index is 1.53. The minimum absolute atomic E-state index is 0.0932. The van der Waals surface area contributed by atoms with Crippen molar-refractivity contribution in [2.45, 2.75) is 24.3 Å². The summed E-state index contributed by atoms with van der Waals surface area (Å²) in [6, 6.07) is 17.8. The Bertz CT molecular complexity index is 1350. The zero-order chi connectivity index (χ0) is 20.7. The fraction of sp³-hybridized carbons (Fsp3) is 0.182. The number of hydrogen-bond acceptors (Lipinski definition) is 7. The second-order valence-electron chi connectivity index (χ2n) is 6.96. The molecule has 5 aromatic rings. The molecule has 0 amide bonds. The highest BCUT2D eigenvalue weighted by Crippen LogP contribution is 2.36. The van der Waals surface area contributed by atoms with Gasteiger partial charge in [-0.15, -0.1) is 20.4 Å². The van der Waals surface area contributed by atoms with E-state index in [4.69, 9.17) is 9.15 Å². The van der Waals surface area contributed by atoms with Crippen molar-refractivity contribution in [3.05, 3.63) is 66.1 Å². The van der Waals surface area contributed by atoms with Crippen LogP contribution >= 0.6 is 11.8 Å². The summed E-state index contributed by atoms with van der Waals surface area (Å²) >= 11 is 1.53. The number of hydrogen-bond donors (Lipinski definition) is 0. The summed E-state index contributed by atoms with van der Waals surface area (Å²) < 4.78 is 13.4. The van der Waals surface area contributed by atoms with Crippen molar-refractivity contribution < 1.29 is 9.15 Å². The molecule has 5 rings (SSSR count). The van der Waals surface area contributed by atoms with E-state index < -0.39 is 0 Å². The van der Waals surface area contributed by atoms with Gasteiger partial charge in [0.1, 0.15) is 5.75 Å². The van der Waals surface area contributed by atoms with Crippen LogP contribution in [0.4, 0.5) is 0 Å². The van der Waals surface area contributed by atoms with Crippen molar-refractivity contribution in [3.63, 3.8) is 0 Å². The van der Waals surface area contributed by atoms with Crippen LogP contribution < -0.4 is 4.74 Å². The van der Waals surface area contributed by atoms with Gasteiger partial charge >= 0.3 is 0 Å². The molecule has 30 heavy (non-hydrogen) atoms. The number of pyridine rings is 1. The summed E-state index contributed by atoms with van der Waals surface area (Å²) in [7, 11) is 1.66. The van der Waals surface area contributed by atoms with Crippen LogP contribution in [-0.2, 0) is 0 Å². The number of rotatable bonds is 5. The summed E-state index contributed by atoms with van der Waals surface area (Å²) in [5, 5.41) is 19.0. The van der Waals surface area contributed by atoms with Gasteiger partial charge in [-0.05, 0) is 49.7 Å². The zero-order valence-electron chi connectivity index (χ0n) is 16.7. The van der Waals surface area contributed by atoms with Crippen LogP contribution in [0, 0.1) is 6.92 Å². The smallest absolute Gasteiger partial charge is 0.247 e. The minimum atomic E-state index is -0.0932. The number of benzene rings is 2. The lowest BCUT2D eigenvalue weighted by molar-refractivity contribution is 0.415. The van der Waals surface area contributed by atoms with Crippen LogP contribution in [0.1, 0.15) is 23.6 Å². The lowest BCUT2D eigenvalue weighted by Crippen LogP contribution is -1.96. The molecule has 0 spiro atoms. The van der Waals surface area contributed by atoms with Crippen molar-refractivity contribution in [1.82, 2.24) is 24.8 Å². The van der Waals surface area contributed by atoms with Gasteiger partial charge in [0.2, 0.25) is 11.8 Å². The third-order valence-electron chi connectivity index (χ3n) is 4.97. The van der Waals surface area contributed by atoms with Crippen molar-refractivity contribution in [2.75, 3.05) is 7.11 Å². The second kappa shape index (κ2) is 7.46. The molecule has 0 aliphatic rings. The molecule has 0 bridgehead atoms. The fourth-order valence-corrected chi connectivity index (χ4v) is 4.31. The first kappa shape index (κ1) is 18.6.